The van der Waals surface area contributed by atoms with Gasteiger partial charge in [0.25, 0.3) is 10.2 Å². The van der Waals surface area contributed by atoms with Gasteiger partial charge in [0.2, 0.25) is 5.91 Å². The third-order valence-corrected chi connectivity index (χ3v) is 6.59. The SMILES string of the molecule is COc1ccc(OC)c(NC(=O)C(C)N2CCN(S(=O)(=O)N(C)C)CC2)c1. The minimum atomic E-state index is -3.43. The molecule has 9 nitrogen and oxygen atoms in total. The fourth-order valence-electron chi connectivity index (χ4n) is 2.87. The van der Waals surface area contributed by atoms with E-state index in [1.165, 1.54) is 29.8 Å². The van der Waals surface area contributed by atoms with Crippen LogP contribution in [-0.4, -0.2) is 88.4 Å². The second-order valence-electron chi connectivity index (χ2n) is 6.46. The van der Waals surface area contributed by atoms with Gasteiger partial charge in [-0.3, -0.25) is 9.69 Å². The number of ether oxygens (including phenoxy) is 2. The fraction of sp³-hybridized carbons (Fsp3) is 0.588. The highest BCUT2D eigenvalue weighted by molar-refractivity contribution is 7.86. The molecule has 152 valence electrons. The van der Waals surface area contributed by atoms with E-state index in [4.69, 9.17) is 9.47 Å². The van der Waals surface area contributed by atoms with Crippen LogP contribution in [0.4, 0.5) is 5.69 Å². The molecule has 0 bridgehead atoms. The van der Waals surface area contributed by atoms with Crippen LogP contribution in [0.1, 0.15) is 6.92 Å². The van der Waals surface area contributed by atoms with Crippen molar-refractivity contribution in [2.75, 3.05) is 59.8 Å². The number of carbonyl (C=O) groups is 1. The number of nitrogens with zero attached hydrogens (tertiary/aromatic N) is 3. The van der Waals surface area contributed by atoms with Crippen molar-refractivity contribution < 1.29 is 22.7 Å². The van der Waals surface area contributed by atoms with Gasteiger partial charge in [0.15, 0.2) is 0 Å². The molecule has 1 aromatic rings. The van der Waals surface area contributed by atoms with Crippen molar-refractivity contribution in [2.24, 2.45) is 0 Å². The van der Waals surface area contributed by atoms with Gasteiger partial charge in [0.1, 0.15) is 11.5 Å². The zero-order valence-corrected chi connectivity index (χ0v) is 17.2. The first-order valence-corrected chi connectivity index (χ1v) is 10.0. The Kier molecular flexibility index (Phi) is 7.04. The van der Waals surface area contributed by atoms with E-state index in [-0.39, 0.29) is 5.91 Å². The molecule has 1 fully saturated rings. The lowest BCUT2D eigenvalue weighted by molar-refractivity contribution is -0.121. The van der Waals surface area contributed by atoms with E-state index in [1.54, 1.807) is 32.2 Å². The summed E-state index contributed by atoms with van der Waals surface area (Å²) in [7, 11) is 2.69. The highest BCUT2D eigenvalue weighted by Crippen LogP contribution is 2.29. The quantitative estimate of drug-likeness (QED) is 0.715. The van der Waals surface area contributed by atoms with E-state index in [9.17, 15) is 13.2 Å². The number of hydrogen-bond donors (Lipinski definition) is 1. The van der Waals surface area contributed by atoms with Gasteiger partial charge < -0.3 is 14.8 Å². The van der Waals surface area contributed by atoms with Crippen molar-refractivity contribution >= 4 is 21.8 Å². The number of methoxy groups -OCH3 is 2. The maximum Gasteiger partial charge on any atom is 0.281 e. The predicted octanol–water partition coefficient (Wildman–Crippen LogP) is 0.455. The van der Waals surface area contributed by atoms with Crippen molar-refractivity contribution in [1.29, 1.82) is 0 Å². The number of piperazine rings is 1. The summed E-state index contributed by atoms with van der Waals surface area (Å²) in [6.45, 7) is 3.47. The number of hydrogen-bond acceptors (Lipinski definition) is 6. The first kappa shape index (κ1) is 21.4. The number of amides is 1. The number of anilines is 1. The molecule has 0 saturated carbocycles. The van der Waals surface area contributed by atoms with Crippen molar-refractivity contribution in [3.8, 4) is 11.5 Å². The maximum atomic E-state index is 12.7. The largest absolute Gasteiger partial charge is 0.497 e. The molecular weight excluding hydrogens is 372 g/mol. The first-order valence-electron chi connectivity index (χ1n) is 8.65. The van der Waals surface area contributed by atoms with Crippen molar-refractivity contribution in [3.05, 3.63) is 18.2 Å². The zero-order chi connectivity index (χ0) is 20.2. The molecule has 1 aliphatic heterocycles. The second kappa shape index (κ2) is 8.87. The summed E-state index contributed by atoms with van der Waals surface area (Å²) in [5.41, 5.74) is 0.530. The Bertz CT molecular complexity index is 761. The highest BCUT2D eigenvalue weighted by Gasteiger charge is 2.32. The van der Waals surface area contributed by atoms with Crippen molar-refractivity contribution in [1.82, 2.24) is 13.5 Å². The lowest BCUT2D eigenvalue weighted by atomic mass is 10.2. The van der Waals surface area contributed by atoms with Gasteiger partial charge in [-0.15, -0.1) is 0 Å². The lowest BCUT2D eigenvalue weighted by Gasteiger charge is -2.37. The summed E-state index contributed by atoms with van der Waals surface area (Å²) < 4.78 is 37.5. The maximum absolute atomic E-state index is 12.7. The van der Waals surface area contributed by atoms with Gasteiger partial charge in [-0.1, -0.05) is 0 Å². The van der Waals surface area contributed by atoms with Gasteiger partial charge in [-0.25, -0.2) is 0 Å². The summed E-state index contributed by atoms with van der Waals surface area (Å²) in [5.74, 6) is 0.963. The molecule has 1 atom stereocenters. The smallest absolute Gasteiger partial charge is 0.281 e. The third kappa shape index (κ3) is 4.89. The van der Waals surface area contributed by atoms with Crippen LogP contribution in [-0.2, 0) is 15.0 Å². The number of benzene rings is 1. The average Bonchev–Trinajstić information content (AvgIpc) is 2.67. The van der Waals surface area contributed by atoms with Crippen LogP contribution >= 0.6 is 0 Å². The molecule has 1 aromatic carbocycles. The molecule has 10 heteroatoms. The first-order chi connectivity index (χ1) is 12.7. The molecule has 0 aromatic heterocycles. The van der Waals surface area contributed by atoms with Crippen molar-refractivity contribution in [2.45, 2.75) is 13.0 Å². The van der Waals surface area contributed by atoms with Gasteiger partial charge in [0, 0.05) is 46.3 Å². The molecule has 2 rings (SSSR count). The Labute approximate surface area is 161 Å². The predicted molar refractivity (Wildman–Crippen MR) is 103 cm³/mol. The number of carbonyl (C=O) groups excluding carboxylic acids is 1. The van der Waals surface area contributed by atoms with Gasteiger partial charge in [-0.2, -0.15) is 17.0 Å². The van der Waals surface area contributed by atoms with E-state index < -0.39 is 16.3 Å². The minimum Gasteiger partial charge on any atom is -0.497 e. The molecule has 1 N–H and O–H groups in total. The molecule has 0 aliphatic carbocycles. The fourth-order valence-corrected chi connectivity index (χ4v) is 3.95. The lowest BCUT2D eigenvalue weighted by Crippen LogP contribution is -2.55. The average molecular weight is 401 g/mol. The summed E-state index contributed by atoms with van der Waals surface area (Å²) in [5, 5.41) is 2.87. The molecule has 1 amide bonds. The molecule has 1 aliphatic rings. The minimum absolute atomic E-state index is 0.189. The van der Waals surface area contributed by atoms with Gasteiger partial charge >= 0.3 is 0 Å². The van der Waals surface area contributed by atoms with Crippen LogP contribution in [0.25, 0.3) is 0 Å². The second-order valence-corrected chi connectivity index (χ2v) is 8.60. The van der Waals surface area contributed by atoms with E-state index in [1.807, 2.05) is 4.90 Å². The van der Waals surface area contributed by atoms with E-state index in [0.29, 0.717) is 43.4 Å². The van der Waals surface area contributed by atoms with Crippen LogP contribution in [0, 0.1) is 0 Å². The molecule has 1 saturated heterocycles. The number of nitrogens with one attached hydrogen (secondary N) is 1. The molecular formula is C17H28N4O5S. The van der Waals surface area contributed by atoms with E-state index in [2.05, 4.69) is 5.32 Å². The highest BCUT2D eigenvalue weighted by atomic mass is 32.2. The monoisotopic (exact) mass is 400 g/mol. The Hall–Kier alpha value is -1.88. The van der Waals surface area contributed by atoms with E-state index in [0.717, 1.165) is 0 Å². The normalized spacial score (nSPS) is 17.6. The molecule has 0 spiro atoms. The molecule has 27 heavy (non-hydrogen) atoms. The summed E-state index contributed by atoms with van der Waals surface area (Å²) in [6, 6.07) is 4.77. The third-order valence-electron chi connectivity index (χ3n) is 4.65. The Balaban J connectivity index is 2.01. The molecule has 1 unspecified atom stereocenters. The summed E-state index contributed by atoms with van der Waals surface area (Å²) in [6.07, 6.45) is 0. The van der Waals surface area contributed by atoms with Crippen LogP contribution in [0.2, 0.25) is 0 Å². The van der Waals surface area contributed by atoms with Gasteiger partial charge in [-0.05, 0) is 19.1 Å². The number of rotatable bonds is 7. The van der Waals surface area contributed by atoms with Crippen LogP contribution in [0.5, 0.6) is 11.5 Å². The van der Waals surface area contributed by atoms with Crippen LogP contribution in [0.3, 0.4) is 0 Å². The van der Waals surface area contributed by atoms with Crippen molar-refractivity contribution in [3.63, 3.8) is 0 Å². The van der Waals surface area contributed by atoms with Crippen LogP contribution < -0.4 is 14.8 Å². The Morgan fingerprint density at radius 1 is 1.15 bits per heavy atom. The van der Waals surface area contributed by atoms with Gasteiger partial charge in [0.05, 0.1) is 25.9 Å². The topological polar surface area (TPSA) is 91.4 Å². The zero-order valence-electron chi connectivity index (χ0n) is 16.4. The Morgan fingerprint density at radius 2 is 1.78 bits per heavy atom. The van der Waals surface area contributed by atoms with E-state index >= 15 is 0 Å². The van der Waals surface area contributed by atoms with Crippen LogP contribution in [0.15, 0.2) is 18.2 Å². The Morgan fingerprint density at radius 3 is 2.30 bits per heavy atom. The summed E-state index contributed by atoms with van der Waals surface area (Å²) in [4.78, 5) is 14.6. The standard InChI is InChI=1S/C17H28N4O5S/c1-13(20-8-10-21(11-9-20)27(23,24)19(2)3)17(22)18-15-12-14(25-4)6-7-16(15)26-5/h6-7,12-13H,8-11H2,1-5H3,(H,18,22). The molecule has 0 radical (unpaired) electrons. The summed E-state index contributed by atoms with van der Waals surface area (Å²) >= 11 is 0. The molecule has 1 heterocycles.